The van der Waals surface area contributed by atoms with Crippen LogP contribution in [-0.4, -0.2) is 12.9 Å². The fourth-order valence-corrected chi connectivity index (χ4v) is 1.22. The molecule has 0 aliphatic heterocycles. The van der Waals surface area contributed by atoms with Gasteiger partial charge in [-0.3, -0.25) is 4.79 Å². The van der Waals surface area contributed by atoms with Gasteiger partial charge in [0.05, 0.1) is 12.2 Å². The predicted octanol–water partition coefficient (Wildman–Crippen LogP) is 3.47. The van der Waals surface area contributed by atoms with Gasteiger partial charge in [-0.05, 0) is 24.6 Å². The highest BCUT2D eigenvalue weighted by molar-refractivity contribution is 5.75. The highest BCUT2D eigenvalue weighted by Gasteiger charge is 2.34. The molecule has 1 aromatic rings. The lowest BCUT2D eigenvalue weighted by Crippen LogP contribution is -2.10. The molecule has 17 heavy (non-hydrogen) atoms. The summed E-state index contributed by atoms with van der Waals surface area (Å²) in [6.07, 6.45) is -2.18. The van der Waals surface area contributed by atoms with E-state index in [0.29, 0.717) is 12.7 Å². The quantitative estimate of drug-likeness (QED) is 0.450. The van der Waals surface area contributed by atoms with Gasteiger partial charge in [-0.25, -0.2) is 0 Å². The standard InChI is InChI=1S/C12H11F3O2/c1-2-3-6-17-11-5-4-9(8-16)7-10(11)12(13,14)15/h2,4-5,7-8H,1,3,6H2. The molecular weight excluding hydrogens is 233 g/mol. The Morgan fingerprint density at radius 1 is 1.35 bits per heavy atom. The maximum Gasteiger partial charge on any atom is 0.419 e. The van der Waals surface area contributed by atoms with Gasteiger partial charge < -0.3 is 4.74 Å². The van der Waals surface area contributed by atoms with E-state index in [1.807, 2.05) is 0 Å². The molecule has 0 atom stereocenters. The van der Waals surface area contributed by atoms with Crippen molar-refractivity contribution in [3.05, 3.63) is 42.0 Å². The third-order valence-corrected chi connectivity index (χ3v) is 2.02. The first kappa shape index (κ1) is 13.3. The number of carbonyl (C=O) groups is 1. The molecule has 0 aliphatic carbocycles. The van der Waals surface area contributed by atoms with Crippen molar-refractivity contribution >= 4 is 6.29 Å². The fourth-order valence-electron chi connectivity index (χ4n) is 1.22. The summed E-state index contributed by atoms with van der Waals surface area (Å²) < 4.78 is 43.0. The molecule has 0 radical (unpaired) electrons. The molecule has 0 fully saturated rings. The molecule has 0 bridgehead atoms. The summed E-state index contributed by atoms with van der Waals surface area (Å²) in [4.78, 5) is 10.4. The van der Waals surface area contributed by atoms with Crippen molar-refractivity contribution in [2.75, 3.05) is 6.61 Å². The molecule has 0 aliphatic rings. The van der Waals surface area contributed by atoms with Crippen molar-refractivity contribution in [3.63, 3.8) is 0 Å². The second kappa shape index (κ2) is 5.52. The molecule has 0 spiro atoms. The minimum atomic E-state index is -4.54. The molecule has 5 heteroatoms. The minimum Gasteiger partial charge on any atom is -0.493 e. The molecular formula is C12H11F3O2. The van der Waals surface area contributed by atoms with Crippen molar-refractivity contribution in [2.45, 2.75) is 12.6 Å². The Morgan fingerprint density at radius 3 is 2.59 bits per heavy atom. The highest BCUT2D eigenvalue weighted by atomic mass is 19.4. The average Bonchev–Trinajstić information content (AvgIpc) is 2.28. The number of carbonyl (C=O) groups excluding carboxylic acids is 1. The van der Waals surface area contributed by atoms with Crippen LogP contribution in [0.4, 0.5) is 13.2 Å². The summed E-state index contributed by atoms with van der Waals surface area (Å²) in [7, 11) is 0. The Balaban J connectivity index is 3.02. The van der Waals surface area contributed by atoms with Gasteiger partial charge in [0.25, 0.3) is 0 Å². The molecule has 2 nitrogen and oxygen atoms in total. The van der Waals surface area contributed by atoms with E-state index < -0.39 is 11.7 Å². The Kier molecular flexibility index (Phi) is 4.31. The molecule has 1 rings (SSSR count). The van der Waals surface area contributed by atoms with Crippen LogP contribution in [0, 0.1) is 0 Å². The van der Waals surface area contributed by atoms with Gasteiger partial charge in [-0.1, -0.05) is 6.08 Å². The number of hydrogen-bond donors (Lipinski definition) is 0. The third-order valence-electron chi connectivity index (χ3n) is 2.02. The van der Waals surface area contributed by atoms with Crippen LogP contribution in [0.25, 0.3) is 0 Å². The molecule has 92 valence electrons. The van der Waals surface area contributed by atoms with Gasteiger partial charge in [-0.15, -0.1) is 6.58 Å². The molecule has 0 unspecified atom stereocenters. The highest BCUT2D eigenvalue weighted by Crippen LogP contribution is 2.36. The van der Waals surface area contributed by atoms with Crippen LogP contribution in [0.3, 0.4) is 0 Å². The molecule has 0 heterocycles. The van der Waals surface area contributed by atoms with Crippen molar-refractivity contribution in [3.8, 4) is 5.75 Å². The number of ether oxygens (including phenoxy) is 1. The molecule has 0 saturated carbocycles. The lowest BCUT2D eigenvalue weighted by Gasteiger charge is -2.13. The van der Waals surface area contributed by atoms with E-state index in [4.69, 9.17) is 4.74 Å². The Bertz CT molecular complexity index is 411. The Labute approximate surface area is 96.7 Å². The van der Waals surface area contributed by atoms with Crippen LogP contribution >= 0.6 is 0 Å². The first-order chi connectivity index (χ1) is 7.99. The first-order valence-corrected chi connectivity index (χ1v) is 4.89. The smallest absolute Gasteiger partial charge is 0.419 e. The first-order valence-electron chi connectivity index (χ1n) is 4.89. The van der Waals surface area contributed by atoms with E-state index in [1.54, 1.807) is 6.08 Å². The van der Waals surface area contributed by atoms with E-state index in [9.17, 15) is 18.0 Å². The number of benzene rings is 1. The Morgan fingerprint density at radius 2 is 2.06 bits per heavy atom. The molecule has 0 amide bonds. The molecule has 1 aromatic carbocycles. The monoisotopic (exact) mass is 244 g/mol. The lowest BCUT2D eigenvalue weighted by atomic mass is 10.1. The number of aldehydes is 1. The Hall–Kier alpha value is -1.78. The third kappa shape index (κ3) is 3.62. The topological polar surface area (TPSA) is 26.3 Å². The van der Waals surface area contributed by atoms with E-state index in [-0.39, 0.29) is 17.9 Å². The normalized spacial score (nSPS) is 11.0. The van der Waals surface area contributed by atoms with E-state index in [0.717, 1.165) is 12.1 Å². The van der Waals surface area contributed by atoms with Crippen LogP contribution < -0.4 is 4.74 Å². The van der Waals surface area contributed by atoms with Crippen LogP contribution in [0.1, 0.15) is 22.3 Å². The van der Waals surface area contributed by atoms with E-state index in [2.05, 4.69) is 6.58 Å². The zero-order valence-electron chi connectivity index (χ0n) is 8.96. The maximum absolute atomic E-state index is 12.7. The van der Waals surface area contributed by atoms with Gasteiger partial charge >= 0.3 is 6.18 Å². The summed E-state index contributed by atoms with van der Waals surface area (Å²) >= 11 is 0. The van der Waals surface area contributed by atoms with Crippen molar-refractivity contribution in [2.24, 2.45) is 0 Å². The molecule has 0 saturated heterocycles. The predicted molar refractivity (Wildman–Crippen MR) is 57.1 cm³/mol. The zero-order chi connectivity index (χ0) is 12.9. The van der Waals surface area contributed by atoms with Crippen molar-refractivity contribution < 1.29 is 22.7 Å². The summed E-state index contributed by atoms with van der Waals surface area (Å²) in [6.45, 7) is 3.56. The van der Waals surface area contributed by atoms with Crippen LogP contribution in [0.2, 0.25) is 0 Å². The fraction of sp³-hybridized carbons (Fsp3) is 0.250. The van der Waals surface area contributed by atoms with E-state index >= 15 is 0 Å². The van der Waals surface area contributed by atoms with Crippen molar-refractivity contribution in [1.29, 1.82) is 0 Å². The average molecular weight is 244 g/mol. The van der Waals surface area contributed by atoms with Crippen LogP contribution in [0.5, 0.6) is 5.75 Å². The number of hydrogen-bond acceptors (Lipinski definition) is 2. The summed E-state index contributed by atoms with van der Waals surface area (Å²) in [5.74, 6) is -0.273. The van der Waals surface area contributed by atoms with Crippen LogP contribution in [0.15, 0.2) is 30.9 Å². The second-order valence-electron chi connectivity index (χ2n) is 3.30. The minimum absolute atomic E-state index is 0.0339. The molecule has 0 aromatic heterocycles. The summed E-state index contributed by atoms with van der Waals surface area (Å²) in [5, 5.41) is 0. The molecule has 0 N–H and O–H groups in total. The maximum atomic E-state index is 12.7. The van der Waals surface area contributed by atoms with Gasteiger partial charge in [-0.2, -0.15) is 13.2 Å². The number of alkyl halides is 3. The van der Waals surface area contributed by atoms with Gasteiger partial charge in [0.15, 0.2) is 0 Å². The van der Waals surface area contributed by atoms with Gasteiger partial charge in [0, 0.05) is 5.56 Å². The summed E-state index contributed by atoms with van der Waals surface area (Å²) in [6, 6.07) is 3.21. The second-order valence-corrected chi connectivity index (χ2v) is 3.30. The zero-order valence-corrected chi connectivity index (χ0v) is 8.96. The summed E-state index contributed by atoms with van der Waals surface area (Å²) in [5.41, 5.74) is -0.973. The number of rotatable bonds is 5. The van der Waals surface area contributed by atoms with Gasteiger partial charge in [0.1, 0.15) is 12.0 Å². The number of halogens is 3. The van der Waals surface area contributed by atoms with Crippen LogP contribution in [-0.2, 0) is 6.18 Å². The van der Waals surface area contributed by atoms with E-state index in [1.165, 1.54) is 6.07 Å². The largest absolute Gasteiger partial charge is 0.493 e. The SMILES string of the molecule is C=CCCOc1ccc(C=O)cc1C(F)(F)F. The van der Waals surface area contributed by atoms with Gasteiger partial charge in [0.2, 0.25) is 0 Å². The lowest BCUT2D eigenvalue weighted by molar-refractivity contribution is -0.138. The van der Waals surface area contributed by atoms with Crippen molar-refractivity contribution in [1.82, 2.24) is 0 Å².